The molecule has 0 aliphatic rings. The highest BCUT2D eigenvalue weighted by Crippen LogP contribution is 2.35. The van der Waals surface area contributed by atoms with E-state index < -0.39 is 11.0 Å². The summed E-state index contributed by atoms with van der Waals surface area (Å²) in [5.74, 6) is 0.947. The maximum Gasteiger partial charge on any atom is 0.269 e. The second-order valence-electron chi connectivity index (χ2n) is 8.19. The summed E-state index contributed by atoms with van der Waals surface area (Å²) in [4.78, 5) is 33.6. The maximum atomic E-state index is 12.5. The van der Waals surface area contributed by atoms with Gasteiger partial charge in [-0.05, 0) is 42.5 Å². The van der Waals surface area contributed by atoms with Gasteiger partial charge in [0.25, 0.3) is 5.69 Å². The first kappa shape index (κ1) is 23.3. The lowest BCUT2D eigenvalue weighted by molar-refractivity contribution is -0.384. The van der Waals surface area contributed by atoms with Crippen LogP contribution in [0.3, 0.4) is 0 Å². The van der Waals surface area contributed by atoms with E-state index in [2.05, 4.69) is 9.97 Å². The number of nitro benzene ring substituents is 1. The van der Waals surface area contributed by atoms with Gasteiger partial charge in [0.1, 0.15) is 17.4 Å². The van der Waals surface area contributed by atoms with Crippen LogP contribution in [-0.2, 0) is 18.3 Å². The van der Waals surface area contributed by atoms with Crippen LogP contribution in [-0.4, -0.2) is 25.9 Å². The number of fused-ring (bicyclic) bond motifs is 1. The fourth-order valence-electron chi connectivity index (χ4n) is 4.19. The Morgan fingerprint density at radius 3 is 2.64 bits per heavy atom. The quantitative estimate of drug-likeness (QED) is 0.152. The van der Waals surface area contributed by atoms with Crippen molar-refractivity contribution in [2.24, 2.45) is 7.05 Å². The average Bonchev–Trinajstić information content (AvgIpc) is 3.47. The molecule has 0 aliphatic heterocycles. The van der Waals surface area contributed by atoms with Gasteiger partial charge >= 0.3 is 0 Å². The number of halogens is 1. The number of carbonyl (C=O) groups is 1. The molecule has 36 heavy (non-hydrogen) atoms. The first-order valence-electron chi connectivity index (χ1n) is 11.0. The van der Waals surface area contributed by atoms with E-state index in [0.29, 0.717) is 35.1 Å². The molecule has 0 radical (unpaired) electrons. The number of nitrogens with zero attached hydrogens (tertiary/aromatic N) is 5. The van der Waals surface area contributed by atoms with Crippen molar-refractivity contribution in [2.75, 3.05) is 4.90 Å². The molecule has 10 heteroatoms. The highest BCUT2D eigenvalue weighted by Gasteiger charge is 2.29. The van der Waals surface area contributed by atoms with Gasteiger partial charge in [-0.1, -0.05) is 17.7 Å². The van der Waals surface area contributed by atoms with Gasteiger partial charge in [-0.25, -0.2) is 4.98 Å². The van der Waals surface area contributed by atoms with Crippen molar-refractivity contribution < 1.29 is 14.1 Å². The number of furan rings is 1. The molecule has 2 aromatic carbocycles. The van der Waals surface area contributed by atoms with Crippen LogP contribution in [0.15, 0.2) is 83.5 Å². The second-order valence-corrected chi connectivity index (χ2v) is 8.62. The smallest absolute Gasteiger partial charge is 0.269 e. The Morgan fingerprint density at radius 2 is 1.94 bits per heavy atom. The molecule has 180 valence electrons. The molecule has 1 unspecified atom stereocenters. The maximum absolute atomic E-state index is 12.5. The minimum absolute atomic E-state index is 0.00582. The number of rotatable bonds is 8. The number of non-ortho nitro benzene ring substituents is 1. The zero-order chi connectivity index (χ0) is 25.2. The fourth-order valence-corrected chi connectivity index (χ4v) is 4.37. The van der Waals surface area contributed by atoms with Crippen LogP contribution >= 0.6 is 11.6 Å². The van der Waals surface area contributed by atoms with Crippen molar-refractivity contribution in [2.45, 2.75) is 12.5 Å². The molecule has 1 atom stereocenters. The summed E-state index contributed by atoms with van der Waals surface area (Å²) in [5.41, 5.74) is 2.88. The zero-order valence-corrected chi connectivity index (χ0v) is 19.9. The summed E-state index contributed by atoms with van der Waals surface area (Å²) >= 11 is 6.13. The minimum atomic E-state index is -0.551. The molecule has 0 saturated carbocycles. The van der Waals surface area contributed by atoms with Crippen molar-refractivity contribution in [3.8, 4) is 11.3 Å². The molecule has 5 aromatic rings. The van der Waals surface area contributed by atoms with Crippen LogP contribution in [0, 0.1) is 10.1 Å². The Kier molecular flexibility index (Phi) is 6.22. The van der Waals surface area contributed by atoms with Crippen molar-refractivity contribution in [1.29, 1.82) is 0 Å². The van der Waals surface area contributed by atoms with E-state index >= 15 is 0 Å². The van der Waals surface area contributed by atoms with Gasteiger partial charge in [-0.3, -0.25) is 24.8 Å². The van der Waals surface area contributed by atoms with Crippen molar-refractivity contribution in [3.05, 3.63) is 106 Å². The topological polar surface area (TPSA) is 107 Å². The number of nitro groups is 1. The molecular weight excluding hydrogens is 482 g/mol. The van der Waals surface area contributed by atoms with Gasteiger partial charge in [0.05, 0.1) is 16.8 Å². The van der Waals surface area contributed by atoms with Gasteiger partial charge < -0.3 is 8.98 Å². The van der Waals surface area contributed by atoms with Crippen LogP contribution < -0.4 is 4.90 Å². The summed E-state index contributed by atoms with van der Waals surface area (Å²) in [5, 5.41) is 12.4. The van der Waals surface area contributed by atoms with Crippen molar-refractivity contribution in [3.63, 3.8) is 0 Å². The number of benzene rings is 2. The van der Waals surface area contributed by atoms with Crippen LogP contribution in [0.5, 0.6) is 0 Å². The predicted molar refractivity (Wildman–Crippen MR) is 136 cm³/mol. The molecule has 0 aliphatic carbocycles. The van der Waals surface area contributed by atoms with E-state index in [4.69, 9.17) is 16.0 Å². The van der Waals surface area contributed by atoms with E-state index in [1.165, 1.54) is 17.0 Å². The monoisotopic (exact) mass is 501 g/mol. The molecular formula is C26H20ClN5O4. The summed E-state index contributed by atoms with van der Waals surface area (Å²) in [6, 6.07) is 18.3. The van der Waals surface area contributed by atoms with Gasteiger partial charge in [-0.15, -0.1) is 0 Å². The van der Waals surface area contributed by atoms with E-state index in [1.807, 2.05) is 29.8 Å². The van der Waals surface area contributed by atoms with Crippen LogP contribution in [0.1, 0.15) is 17.6 Å². The zero-order valence-electron chi connectivity index (χ0n) is 19.1. The third-order valence-electron chi connectivity index (χ3n) is 5.99. The van der Waals surface area contributed by atoms with Gasteiger partial charge in [0.15, 0.2) is 0 Å². The molecule has 0 N–H and O–H groups in total. The van der Waals surface area contributed by atoms with Crippen molar-refractivity contribution >= 4 is 40.6 Å². The summed E-state index contributed by atoms with van der Waals surface area (Å²) < 4.78 is 7.86. The number of pyridine rings is 1. The Labute approximate surface area is 210 Å². The SMILES string of the molecule is Cn1c(-c2ccc([N+](=O)[O-])cc2)cnc1C(Cc1ccccn1)N(C=O)c1cc2cc(Cl)ccc2o1. The largest absolute Gasteiger partial charge is 0.440 e. The van der Waals surface area contributed by atoms with E-state index in [-0.39, 0.29) is 5.69 Å². The lowest BCUT2D eigenvalue weighted by atomic mass is 10.1. The predicted octanol–water partition coefficient (Wildman–Crippen LogP) is 5.74. The average molecular weight is 502 g/mol. The van der Waals surface area contributed by atoms with Crippen LogP contribution in [0.4, 0.5) is 11.6 Å². The number of carbonyl (C=O) groups excluding carboxylic acids is 1. The standard InChI is InChI=1S/C26H20ClN5O4/c1-30-23(17-5-8-21(9-6-17)32(34)35)15-29-26(30)22(14-20-4-2-3-11-28-20)31(16-33)25-13-18-12-19(27)7-10-24(18)36-25/h2-13,15-16,22H,14H2,1H3. The molecule has 3 heterocycles. The summed E-state index contributed by atoms with van der Waals surface area (Å²) in [7, 11) is 1.84. The first-order chi connectivity index (χ1) is 17.4. The Balaban J connectivity index is 1.58. The number of hydrogen-bond donors (Lipinski definition) is 0. The highest BCUT2D eigenvalue weighted by molar-refractivity contribution is 6.31. The third-order valence-corrected chi connectivity index (χ3v) is 6.23. The number of anilines is 1. The molecule has 9 nitrogen and oxygen atoms in total. The minimum Gasteiger partial charge on any atom is -0.440 e. The van der Waals surface area contributed by atoms with E-state index in [0.717, 1.165) is 22.3 Å². The lowest BCUT2D eigenvalue weighted by Crippen LogP contribution is -2.31. The molecule has 0 spiro atoms. The third kappa shape index (κ3) is 4.44. The van der Waals surface area contributed by atoms with E-state index in [1.54, 1.807) is 48.8 Å². The molecule has 3 aromatic heterocycles. The fraction of sp³-hybridized carbons (Fsp3) is 0.115. The number of hydrogen-bond acceptors (Lipinski definition) is 6. The Hall–Kier alpha value is -4.50. The molecule has 0 saturated heterocycles. The molecule has 0 bridgehead atoms. The molecule has 5 rings (SSSR count). The molecule has 1 amide bonds. The summed E-state index contributed by atoms with van der Waals surface area (Å²) in [6.07, 6.45) is 4.47. The molecule has 0 fully saturated rings. The first-order valence-corrected chi connectivity index (χ1v) is 11.4. The Morgan fingerprint density at radius 1 is 1.14 bits per heavy atom. The van der Waals surface area contributed by atoms with Gasteiger partial charge in [-0.2, -0.15) is 0 Å². The number of aromatic nitrogens is 3. The van der Waals surface area contributed by atoms with Crippen molar-refractivity contribution in [1.82, 2.24) is 14.5 Å². The Bertz CT molecular complexity index is 1550. The highest BCUT2D eigenvalue weighted by atomic mass is 35.5. The van der Waals surface area contributed by atoms with Gasteiger partial charge in [0.2, 0.25) is 12.3 Å². The lowest BCUT2D eigenvalue weighted by Gasteiger charge is -2.26. The summed E-state index contributed by atoms with van der Waals surface area (Å²) in [6.45, 7) is 0. The van der Waals surface area contributed by atoms with Crippen LogP contribution in [0.25, 0.3) is 22.2 Å². The normalized spacial score (nSPS) is 11.9. The van der Waals surface area contributed by atoms with E-state index in [9.17, 15) is 14.9 Å². The van der Waals surface area contributed by atoms with Crippen LogP contribution in [0.2, 0.25) is 5.02 Å². The number of imidazole rings is 1. The second kappa shape index (κ2) is 9.63. The number of amides is 1. The van der Waals surface area contributed by atoms with Gasteiger partial charge in [0, 0.05) is 59.5 Å².